The van der Waals surface area contributed by atoms with Crippen molar-refractivity contribution in [3.05, 3.63) is 12.7 Å². The highest BCUT2D eigenvalue weighted by Crippen LogP contribution is 2.18. The first-order chi connectivity index (χ1) is 6.98. The molecule has 0 amide bonds. The van der Waals surface area contributed by atoms with Crippen molar-refractivity contribution in [2.75, 3.05) is 0 Å². The summed E-state index contributed by atoms with van der Waals surface area (Å²) in [5, 5.41) is 0. The molecule has 0 nitrogen and oxygen atoms in total. The van der Waals surface area contributed by atoms with Crippen LogP contribution in [0.3, 0.4) is 0 Å². The third-order valence-electron chi connectivity index (χ3n) is 2.47. The average Bonchev–Trinajstić information content (AvgIpc) is 2.11. The third-order valence-corrected chi connectivity index (χ3v) is 6.09. The summed E-state index contributed by atoms with van der Waals surface area (Å²) in [5.41, 5.74) is 3.41. The Kier molecular flexibility index (Phi) is 7.81. The van der Waals surface area contributed by atoms with E-state index in [2.05, 4.69) is 44.2 Å². The lowest BCUT2D eigenvalue weighted by Gasteiger charge is -2.18. The predicted octanol–water partition coefficient (Wildman–Crippen LogP) is 4.08. The number of hydrogen-bond acceptors (Lipinski definition) is 0. The lowest BCUT2D eigenvalue weighted by Crippen LogP contribution is -2.23. The van der Waals surface area contributed by atoms with Crippen molar-refractivity contribution in [2.24, 2.45) is 0 Å². The van der Waals surface area contributed by atoms with Crippen LogP contribution in [0.4, 0.5) is 0 Å². The minimum absolute atomic E-state index is 0.651. The van der Waals surface area contributed by atoms with Gasteiger partial charge in [-0.2, -0.15) is 0 Å². The van der Waals surface area contributed by atoms with Crippen LogP contribution in [0.5, 0.6) is 0 Å². The van der Waals surface area contributed by atoms with E-state index >= 15 is 0 Å². The Morgan fingerprint density at radius 1 is 1.27 bits per heavy atom. The molecule has 15 heavy (non-hydrogen) atoms. The van der Waals surface area contributed by atoms with Gasteiger partial charge in [0, 0.05) is 6.04 Å². The van der Waals surface area contributed by atoms with Gasteiger partial charge in [-0.15, -0.1) is 18.0 Å². The van der Waals surface area contributed by atoms with Crippen LogP contribution in [0.25, 0.3) is 0 Å². The molecule has 0 radical (unpaired) electrons. The maximum absolute atomic E-state index is 3.76. The summed E-state index contributed by atoms with van der Waals surface area (Å²) in [5.74, 6) is 3.42. The Hall–Kier alpha value is -0.266. The molecule has 0 saturated carbocycles. The van der Waals surface area contributed by atoms with Crippen LogP contribution >= 0.6 is 0 Å². The van der Waals surface area contributed by atoms with E-state index in [-0.39, 0.29) is 0 Å². The predicted molar refractivity (Wildman–Crippen MR) is 77.8 cm³/mol. The van der Waals surface area contributed by atoms with Gasteiger partial charge in [-0.25, -0.2) is 0 Å². The molecule has 0 fully saturated rings. The number of allylic oxidation sites excluding steroid dienone is 1. The van der Waals surface area contributed by atoms with Crippen molar-refractivity contribution in [1.29, 1.82) is 0 Å². The van der Waals surface area contributed by atoms with Crippen LogP contribution in [0.15, 0.2) is 12.7 Å². The Balaban J connectivity index is 3.77. The Morgan fingerprint density at radius 3 is 2.47 bits per heavy atom. The Labute approximate surface area is 98.8 Å². The minimum Gasteiger partial charge on any atom is -0.136 e. The van der Waals surface area contributed by atoms with E-state index < -0.39 is 16.9 Å². The second kappa shape index (κ2) is 7.95. The van der Waals surface area contributed by atoms with E-state index in [1.54, 1.807) is 0 Å². The molecule has 0 aromatic heterocycles. The highest BCUT2D eigenvalue weighted by molar-refractivity contribution is 6.78. The van der Waals surface area contributed by atoms with Crippen molar-refractivity contribution < 1.29 is 0 Å². The first kappa shape index (κ1) is 14.7. The van der Waals surface area contributed by atoms with Gasteiger partial charge >= 0.3 is 0 Å². The maximum Gasteiger partial charge on any atom is 0.116 e. The van der Waals surface area contributed by atoms with Crippen LogP contribution in [0, 0.1) is 11.5 Å². The molecule has 0 heterocycles. The van der Waals surface area contributed by atoms with Crippen molar-refractivity contribution in [3.8, 4) is 11.5 Å². The summed E-state index contributed by atoms with van der Waals surface area (Å²) in [6.45, 7) is 13.3. The second-order valence-electron chi connectivity index (χ2n) is 5.35. The molecule has 2 heteroatoms. The van der Waals surface area contributed by atoms with Gasteiger partial charge < -0.3 is 0 Å². The molecule has 0 atom stereocenters. The number of rotatable bonds is 6. The molecule has 0 aromatic carbocycles. The van der Waals surface area contributed by atoms with E-state index in [1.807, 2.05) is 6.08 Å². The maximum atomic E-state index is 3.76. The molecule has 0 aliphatic carbocycles. The smallest absolute Gasteiger partial charge is 0.116 e. The van der Waals surface area contributed by atoms with Crippen molar-refractivity contribution in [3.63, 3.8) is 0 Å². The molecule has 0 bridgehead atoms. The van der Waals surface area contributed by atoms with Gasteiger partial charge in [0.2, 0.25) is 0 Å². The fraction of sp³-hybridized carbons (Fsp3) is 0.692. The summed E-state index contributed by atoms with van der Waals surface area (Å²) in [6, 6.07) is 2.63. The molecule has 0 rings (SSSR count). The van der Waals surface area contributed by atoms with E-state index in [9.17, 15) is 0 Å². The SMILES string of the molecule is C=CCCCC[Si](C)(C)CC#C[SiH](C)C. The van der Waals surface area contributed by atoms with Gasteiger partial charge in [-0.1, -0.05) is 51.1 Å². The summed E-state index contributed by atoms with van der Waals surface area (Å²) in [7, 11) is -1.66. The molecule has 0 spiro atoms. The van der Waals surface area contributed by atoms with Crippen LogP contribution in [0.2, 0.25) is 38.3 Å². The largest absolute Gasteiger partial charge is 0.136 e. The molecular weight excluding hydrogens is 212 g/mol. The van der Waals surface area contributed by atoms with E-state index in [4.69, 9.17) is 0 Å². The van der Waals surface area contributed by atoms with Gasteiger partial charge in [0.05, 0.1) is 8.07 Å². The fourth-order valence-corrected chi connectivity index (χ4v) is 4.15. The Morgan fingerprint density at radius 2 is 1.93 bits per heavy atom. The standard InChI is InChI=1S/C13H26Si2/c1-6-7-8-9-12-15(4,5)13-10-11-14(2)3/h6,14H,1,7-9,12-13H2,2-5H3. The van der Waals surface area contributed by atoms with Crippen LogP contribution in [-0.4, -0.2) is 16.9 Å². The molecule has 86 valence electrons. The van der Waals surface area contributed by atoms with E-state index in [0.29, 0.717) is 0 Å². The zero-order valence-electron chi connectivity index (χ0n) is 10.9. The molecular formula is C13H26Si2. The van der Waals surface area contributed by atoms with Crippen LogP contribution in [0.1, 0.15) is 19.3 Å². The van der Waals surface area contributed by atoms with Gasteiger partial charge in [0.1, 0.15) is 8.80 Å². The normalized spacial score (nSPS) is 11.0. The minimum atomic E-state index is -1.01. The number of unbranched alkanes of at least 4 members (excludes halogenated alkanes) is 2. The zero-order chi connectivity index (χ0) is 11.7. The van der Waals surface area contributed by atoms with Crippen molar-refractivity contribution >= 4 is 16.9 Å². The highest BCUT2D eigenvalue weighted by atomic mass is 28.3. The highest BCUT2D eigenvalue weighted by Gasteiger charge is 2.18. The van der Waals surface area contributed by atoms with Crippen LogP contribution in [-0.2, 0) is 0 Å². The zero-order valence-corrected chi connectivity index (χ0v) is 13.1. The van der Waals surface area contributed by atoms with E-state index in [0.717, 1.165) is 0 Å². The molecule has 0 saturated heterocycles. The van der Waals surface area contributed by atoms with Crippen LogP contribution < -0.4 is 0 Å². The summed E-state index contributed by atoms with van der Waals surface area (Å²) < 4.78 is 0. The quantitative estimate of drug-likeness (QED) is 0.283. The summed E-state index contributed by atoms with van der Waals surface area (Å²) >= 11 is 0. The fourth-order valence-electron chi connectivity index (χ4n) is 1.48. The lowest BCUT2D eigenvalue weighted by molar-refractivity contribution is 0.803. The van der Waals surface area contributed by atoms with Crippen molar-refractivity contribution in [2.45, 2.75) is 57.5 Å². The molecule has 0 unspecified atom stereocenters. The molecule has 0 aliphatic heterocycles. The van der Waals surface area contributed by atoms with Crippen molar-refractivity contribution in [1.82, 2.24) is 0 Å². The van der Waals surface area contributed by atoms with Gasteiger partial charge in [0.25, 0.3) is 0 Å². The Bertz CT molecular complexity index is 231. The topological polar surface area (TPSA) is 0 Å². The molecule has 0 N–H and O–H groups in total. The first-order valence-corrected chi connectivity index (χ1v) is 12.4. The average molecular weight is 239 g/mol. The second-order valence-corrected chi connectivity index (χ2v) is 13.1. The monoisotopic (exact) mass is 238 g/mol. The van der Waals surface area contributed by atoms with E-state index in [1.165, 1.54) is 31.4 Å². The first-order valence-electron chi connectivity index (χ1n) is 6.07. The summed E-state index contributed by atoms with van der Waals surface area (Å²) in [6.07, 6.45) is 5.88. The number of hydrogen-bond donors (Lipinski definition) is 0. The van der Waals surface area contributed by atoms with Gasteiger partial charge in [0.15, 0.2) is 0 Å². The van der Waals surface area contributed by atoms with Gasteiger partial charge in [-0.3, -0.25) is 0 Å². The molecule has 0 aliphatic rings. The molecule has 0 aromatic rings. The lowest BCUT2D eigenvalue weighted by atomic mass is 10.2. The summed E-state index contributed by atoms with van der Waals surface area (Å²) in [4.78, 5) is 0. The third kappa shape index (κ3) is 10.0. The van der Waals surface area contributed by atoms with Gasteiger partial charge in [-0.05, 0) is 6.42 Å².